The van der Waals surface area contributed by atoms with Gasteiger partial charge in [0.2, 0.25) is 0 Å². The van der Waals surface area contributed by atoms with Crippen molar-refractivity contribution in [3.8, 4) is 0 Å². The maximum absolute atomic E-state index is 5.52. The van der Waals surface area contributed by atoms with E-state index < -0.39 is 0 Å². The van der Waals surface area contributed by atoms with Crippen molar-refractivity contribution in [2.75, 3.05) is 6.54 Å². The summed E-state index contributed by atoms with van der Waals surface area (Å²) in [6.07, 6.45) is 8.98. The Morgan fingerprint density at radius 1 is 1.54 bits per heavy atom. The summed E-state index contributed by atoms with van der Waals surface area (Å²) in [5, 5.41) is 0. The summed E-state index contributed by atoms with van der Waals surface area (Å²) in [6, 6.07) is 0. The molecule has 0 saturated heterocycles. The minimum absolute atomic E-state index is 0.717. The molecule has 0 spiro atoms. The second-order valence-electron chi connectivity index (χ2n) is 3.85. The van der Waals surface area contributed by atoms with Crippen molar-refractivity contribution in [2.45, 2.75) is 32.2 Å². The molecule has 0 bridgehead atoms. The molecule has 2 N–H and O–H groups in total. The molecule has 1 aliphatic carbocycles. The van der Waals surface area contributed by atoms with Crippen LogP contribution in [-0.4, -0.2) is 16.1 Å². The van der Waals surface area contributed by atoms with Gasteiger partial charge in [0, 0.05) is 24.9 Å². The van der Waals surface area contributed by atoms with Crippen molar-refractivity contribution in [2.24, 2.45) is 11.7 Å². The van der Waals surface area contributed by atoms with Crippen LogP contribution < -0.4 is 5.73 Å². The Morgan fingerprint density at radius 3 is 3.08 bits per heavy atom. The fourth-order valence-electron chi connectivity index (χ4n) is 1.63. The zero-order chi connectivity index (χ0) is 9.10. The molecule has 0 atom stereocenters. The van der Waals surface area contributed by atoms with Gasteiger partial charge in [-0.25, -0.2) is 4.98 Å². The van der Waals surface area contributed by atoms with Gasteiger partial charge in [-0.1, -0.05) is 12.8 Å². The third kappa shape index (κ3) is 2.31. The first-order valence-corrected chi connectivity index (χ1v) is 5.09. The number of imidazole rings is 1. The minimum Gasteiger partial charge on any atom is -0.335 e. The molecule has 1 saturated carbocycles. The van der Waals surface area contributed by atoms with Crippen LogP contribution in [0.3, 0.4) is 0 Å². The first-order valence-electron chi connectivity index (χ1n) is 5.09. The van der Waals surface area contributed by atoms with Gasteiger partial charge >= 0.3 is 0 Å². The number of nitrogens with zero attached hydrogens (tertiary/aromatic N) is 2. The Morgan fingerprint density at radius 2 is 2.38 bits per heavy atom. The third-order valence-electron chi connectivity index (χ3n) is 2.67. The van der Waals surface area contributed by atoms with Gasteiger partial charge in [0.15, 0.2) is 0 Å². The molecule has 1 aromatic rings. The highest BCUT2D eigenvalue weighted by atomic mass is 15.0. The lowest BCUT2D eigenvalue weighted by Crippen LogP contribution is -2.08. The van der Waals surface area contributed by atoms with Gasteiger partial charge in [0.05, 0.1) is 6.33 Å². The maximum atomic E-state index is 5.52. The highest BCUT2D eigenvalue weighted by Crippen LogP contribution is 2.32. The maximum Gasteiger partial charge on any atom is 0.0948 e. The number of hydrogen-bond donors (Lipinski definition) is 1. The second-order valence-corrected chi connectivity index (χ2v) is 3.85. The summed E-state index contributed by atoms with van der Waals surface area (Å²) in [5.74, 6) is 0.994. The van der Waals surface area contributed by atoms with Crippen molar-refractivity contribution in [3.05, 3.63) is 18.2 Å². The Hall–Kier alpha value is -0.830. The lowest BCUT2D eigenvalue weighted by Gasteiger charge is -2.05. The smallest absolute Gasteiger partial charge is 0.0948 e. The van der Waals surface area contributed by atoms with E-state index in [1.54, 1.807) is 0 Å². The molecule has 1 fully saturated rings. The number of aryl methyl sites for hydroxylation is 1. The summed E-state index contributed by atoms with van der Waals surface area (Å²) in [4.78, 5) is 4.15. The van der Waals surface area contributed by atoms with Crippen molar-refractivity contribution in [1.29, 1.82) is 0 Å². The van der Waals surface area contributed by atoms with Crippen LogP contribution in [-0.2, 0) is 13.0 Å². The lowest BCUT2D eigenvalue weighted by molar-refractivity contribution is 0.577. The van der Waals surface area contributed by atoms with Crippen LogP contribution in [0.15, 0.2) is 12.5 Å². The number of rotatable bonds is 5. The zero-order valence-corrected chi connectivity index (χ0v) is 7.95. The van der Waals surface area contributed by atoms with Crippen molar-refractivity contribution in [3.63, 3.8) is 0 Å². The monoisotopic (exact) mass is 179 g/mol. The average molecular weight is 179 g/mol. The van der Waals surface area contributed by atoms with E-state index in [0.29, 0.717) is 0 Å². The topological polar surface area (TPSA) is 43.8 Å². The van der Waals surface area contributed by atoms with Gasteiger partial charge in [-0.05, 0) is 18.9 Å². The summed E-state index contributed by atoms with van der Waals surface area (Å²) >= 11 is 0. The predicted octanol–water partition coefficient (Wildman–Crippen LogP) is 1.18. The molecule has 3 heteroatoms. The largest absolute Gasteiger partial charge is 0.335 e. The molecule has 2 rings (SSSR count). The molecule has 0 unspecified atom stereocenters. The standard InChI is InChI=1S/C10H17N3/c11-5-3-10-7-12-8-13(10)6-4-9-1-2-9/h7-9H,1-6,11H2. The molecule has 0 aromatic carbocycles. The predicted molar refractivity (Wildman–Crippen MR) is 52.3 cm³/mol. The van der Waals surface area contributed by atoms with Gasteiger partial charge in [-0.15, -0.1) is 0 Å². The minimum atomic E-state index is 0.717. The normalized spacial score (nSPS) is 16.4. The quantitative estimate of drug-likeness (QED) is 0.737. The second kappa shape index (κ2) is 3.92. The van der Waals surface area contributed by atoms with E-state index in [1.807, 2.05) is 12.5 Å². The first kappa shape index (κ1) is 8.75. The van der Waals surface area contributed by atoms with Gasteiger partial charge in [0.25, 0.3) is 0 Å². The lowest BCUT2D eigenvalue weighted by atomic mass is 10.2. The van der Waals surface area contributed by atoms with Crippen LogP contribution in [0.25, 0.3) is 0 Å². The molecule has 1 heterocycles. The molecule has 0 amide bonds. The molecular weight excluding hydrogens is 162 g/mol. The van der Waals surface area contributed by atoms with Crippen LogP contribution in [0.1, 0.15) is 25.0 Å². The van der Waals surface area contributed by atoms with Gasteiger partial charge in [-0.3, -0.25) is 0 Å². The summed E-state index contributed by atoms with van der Waals surface area (Å²) < 4.78 is 2.24. The van der Waals surface area contributed by atoms with Crippen LogP contribution in [0.4, 0.5) is 0 Å². The molecular formula is C10H17N3. The Balaban J connectivity index is 1.88. The van der Waals surface area contributed by atoms with E-state index >= 15 is 0 Å². The summed E-state index contributed by atoms with van der Waals surface area (Å²) in [5.41, 5.74) is 6.80. The van der Waals surface area contributed by atoms with Crippen molar-refractivity contribution < 1.29 is 0 Å². The third-order valence-corrected chi connectivity index (χ3v) is 2.67. The highest BCUT2D eigenvalue weighted by molar-refractivity contribution is 4.99. The SMILES string of the molecule is NCCc1cncn1CCC1CC1. The summed E-state index contributed by atoms with van der Waals surface area (Å²) in [7, 11) is 0. The first-order chi connectivity index (χ1) is 6.40. The van der Waals surface area contributed by atoms with Crippen molar-refractivity contribution >= 4 is 0 Å². The van der Waals surface area contributed by atoms with Gasteiger partial charge in [-0.2, -0.15) is 0 Å². The molecule has 1 aliphatic rings. The molecule has 1 aromatic heterocycles. The van der Waals surface area contributed by atoms with Crippen LogP contribution in [0.2, 0.25) is 0 Å². The fraction of sp³-hybridized carbons (Fsp3) is 0.700. The zero-order valence-electron chi connectivity index (χ0n) is 7.95. The summed E-state index contributed by atoms with van der Waals surface area (Å²) in [6.45, 7) is 1.84. The number of nitrogens with two attached hydrogens (primary N) is 1. The Kier molecular flexibility index (Phi) is 2.64. The van der Waals surface area contributed by atoms with Crippen molar-refractivity contribution in [1.82, 2.24) is 9.55 Å². The average Bonchev–Trinajstić information content (AvgIpc) is 2.86. The highest BCUT2D eigenvalue weighted by Gasteiger charge is 2.20. The van der Waals surface area contributed by atoms with E-state index in [4.69, 9.17) is 5.73 Å². The Labute approximate surface area is 79.0 Å². The van der Waals surface area contributed by atoms with E-state index in [9.17, 15) is 0 Å². The molecule has 0 radical (unpaired) electrons. The van der Waals surface area contributed by atoms with Gasteiger partial charge in [0.1, 0.15) is 0 Å². The Bertz CT molecular complexity index is 263. The van der Waals surface area contributed by atoms with E-state index in [0.717, 1.165) is 25.4 Å². The van der Waals surface area contributed by atoms with Crippen LogP contribution in [0, 0.1) is 5.92 Å². The fourth-order valence-corrected chi connectivity index (χ4v) is 1.63. The van der Waals surface area contributed by atoms with E-state index in [-0.39, 0.29) is 0 Å². The van der Waals surface area contributed by atoms with E-state index in [1.165, 1.54) is 25.0 Å². The van der Waals surface area contributed by atoms with Gasteiger partial charge < -0.3 is 10.3 Å². The van der Waals surface area contributed by atoms with Crippen LogP contribution >= 0.6 is 0 Å². The molecule has 0 aliphatic heterocycles. The number of hydrogen-bond acceptors (Lipinski definition) is 2. The van der Waals surface area contributed by atoms with Crippen LogP contribution in [0.5, 0.6) is 0 Å². The number of aromatic nitrogens is 2. The van der Waals surface area contributed by atoms with E-state index in [2.05, 4.69) is 9.55 Å². The molecule has 13 heavy (non-hydrogen) atoms. The molecule has 72 valence electrons. The molecule has 3 nitrogen and oxygen atoms in total.